The summed E-state index contributed by atoms with van der Waals surface area (Å²) in [6.07, 6.45) is -6.59. The van der Waals surface area contributed by atoms with Crippen molar-refractivity contribution in [3.8, 4) is 0 Å². The van der Waals surface area contributed by atoms with Crippen molar-refractivity contribution in [1.29, 1.82) is 0 Å². The number of ketones is 1. The van der Waals surface area contributed by atoms with Crippen LogP contribution in [-0.4, -0.2) is 108 Å². The number of methoxy groups -OCH3 is 1. The van der Waals surface area contributed by atoms with Gasteiger partial charge in [-0.1, -0.05) is 12.5 Å². The number of halogens is 2. The smallest absolute Gasteiger partial charge is 0.348 e. The van der Waals surface area contributed by atoms with Crippen molar-refractivity contribution >= 4 is 29.7 Å². The molecule has 5 fully saturated rings. The highest BCUT2D eigenvalue weighted by molar-refractivity contribution is 5.98. The third kappa shape index (κ3) is 5.16. The number of rotatable bonds is 7. The molecule has 270 valence electrons. The van der Waals surface area contributed by atoms with Crippen LogP contribution < -0.4 is 11.1 Å². The van der Waals surface area contributed by atoms with Crippen molar-refractivity contribution in [2.45, 2.75) is 101 Å². The first-order valence-corrected chi connectivity index (χ1v) is 16.3. The molecule has 3 saturated heterocycles. The van der Waals surface area contributed by atoms with Gasteiger partial charge >= 0.3 is 23.9 Å². The molecule has 2 bridgehead atoms. The summed E-state index contributed by atoms with van der Waals surface area (Å²) in [7, 11) is 1.06. The predicted octanol–water partition coefficient (Wildman–Crippen LogP) is 0.217. The van der Waals surface area contributed by atoms with Crippen LogP contribution in [0, 0.1) is 28.6 Å². The van der Waals surface area contributed by atoms with Crippen molar-refractivity contribution in [3.05, 3.63) is 23.0 Å². The molecule has 2 saturated carbocycles. The van der Waals surface area contributed by atoms with E-state index in [0.29, 0.717) is 11.1 Å². The van der Waals surface area contributed by atoms with Gasteiger partial charge in [0, 0.05) is 42.3 Å². The molecule has 3 aliphatic carbocycles. The van der Waals surface area contributed by atoms with E-state index in [0.717, 1.165) is 13.2 Å². The third-order valence-electron chi connectivity index (χ3n) is 11.7. The second-order valence-electron chi connectivity index (χ2n) is 14.9. The van der Waals surface area contributed by atoms with Gasteiger partial charge in [0.2, 0.25) is 11.7 Å². The van der Waals surface area contributed by atoms with Crippen LogP contribution >= 0.6 is 0 Å². The van der Waals surface area contributed by atoms with E-state index in [9.17, 15) is 43.0 Å². The summed E-state index contributed by atoms with van der Waals surface area (Å²) in [5.74, 6) is -10.8. The lowest BCUT2D eigenvalue weighted by atomic mass is 9.38. The SMILES string of the molecule is COC(=O)[C@@]12OC[C@]34C([C@@H](O)[C@@H]1O)[C@@]1(C)CC(=O)C(OC(=O)C[C@@H](N)[C@@H]5CC(F)(F)CN5)=C(C)[C@@H]1C[C@H]3OC(=O)[C@H](OC(=O)C=C(C)C)[C@@H]24. The van der Waals surface area contributed by atoms with E-state index in [1.54, 1.807) is 27.7 Å². The van der Waals surface area contributed by atoms with E-state index < -0.39 is 126 Å². The van der Waals surface area contributed by atoms with Gasteiger partial charge in [-0.05, 0) is 44.1 Å². The molecule has 49 heavy (non-hydrogen) atoms. The molecule has 6 rings (SSSR count). The Morgan fingerprint density at radius 3 is 2.49 bits per heavy atom. The monoisotopic (exact) mass is 696 g/mol. The largest absolute Gasteiger partial charge is 0.467 e. The van der Waals surface area contributed by atoms with Gasteiger partial charge in [-0.25, -0.2) is 23.2 Å². The molecule has 3 aliphatic heterocycles. The number of nitrogens with two attached hydrogens (primary N) is 1. The van der Waals surface area contributed by atoms with Crippen LogP contribution in [0.1, 0.15) is 53.4 Å². The zero-order chi connectivity index (χ0) is 36.0. The fraction of sp³-hybridized carbons (Fsp3) is 0.727. The first kappa shape index (κ1) is 35.5. The Hall–Kier alpha value is -3.31. The van der Waals surface area contributed by atoms with E-state index in [-0.39, 0.29) is 25.2 Å². The van der Waals surface area contributed by atoms with Crippen molar-refractivity contribution in [2.24, 2.45) is 34.3 Å². The Balaban J connectivity index is 1.37. The second-order valence-corrected chi connectivity index (χ2v) is 14.9. The second kappa shape index (κ2) is 11.9. The number of aliphatic hydroxyl groups excluding tert-OH is 2. The predicted molar refractivity (Wildman–Crippen MR) is 160 cm³/mol. The average Bonchev–Trinajstić information content (AvgIpc) is 3.53. The van der Waals surface area contributed by atoms with Crippen molar-refractivity contribution in [2.75, 3.05) is 20.3 Å². The van der Waals surface area contributed by atoms with Crippen LogP contribution in [-0.2, 0) is 47.7 Å². The Kier molecular flexibility index (Phi) is 8.62. The average molecular weight is 697 g/mol. The number of esters is 4. The molecule has 0 radical (unpaired) electrons. The highest BCUT2D eigenvalue weighted by Gasteiger charge is 2.85. The zero-order valence-corrected chi connectivity index (χ0v) is 27.8. The van der Waals surface area contributed by atoms with Crippen LogP contribution in [0.5, 0.6) is 0 Å². The molecule has 3 heterocycles. The molecular formula is C33H42F2N2O12. The molecule has 16 heteroatoms. The lowest BCUT2D eigenvalue weighted by Crippen LogP contribution is -2.79. The number of ether oxygens (including phenoxy) is 5. The summed E-state index contributed by atoms with van der Waals surface area (Å²) in [5.41, 5.74) is 1.99. The number of fused-ring (bicyclic) bond motifs is 2. The van der Waals surface area contributed by atoms with Gasteiger partial charge in [0.05, 0.1) is 38.7 Å². The van der Waals surface area contributed by atoms with Crippen molar-refractivity contribution in [3.63, 3.8) is 0 Å². The minimum absolute atomic E-state index is 0.0358. The van der Waals surface area contributed by atoms with Gasteiger partial charge in [0.25, 0.3) is 5.92 Å². The molecular weight excluding hydrogens is 654 g/mol. The van der Waals surface area contributed by atoms with Gasteiger partial charge in [0.15, 0.2) is 11.5 Å². The number of allylic oxidation sites excluding steroid dienone is 3. The van der Waals surface area contributed by atoms with Crippen LogP contribution in [0.3, 0.4) is 0 Å². The van der Waals surface area contributed by atoms with Crippen molar-refractivity contribution < 1.29 is 66.7 Å². The molecule has 0 aromatic heterocycles. The highest BCUT2D eigenvalue weighted by Crippen LogP contribution is 2.73. The van der Waals surface area contributed by atoms with E-state index in [2.05, 4.69) is 5.32 Å². The summed E-state index contributed by atoms with van der Waals surface area (Å²) >= 11 is 0. The number of alkyl halides is 2. The maximum atomic E-state index is 13.8. The molecule has 1 spiro atoms. The summed E-state index contributed by atoms with van der Waals surface area (Å²) in [4.78, 5) is 66.9. The first-order valence-electron chi connectivity index (χ1n) is 16.3. The molecule has 0 amide bonds. The Labute approximate surface area is 280 Å². The molecule has 5 N–H and O–H groups in total. The number of Topliss-reactive ketones (excluding diaryl/α,β-unsaturated/α-hetero) is 1. The third-order valence-corrected chi connectivity index (χ3v) is 11.7. The molecule has 0 aromatic carbocycles. The fourth-order valence-corrected chi connectivity index (χ4v) is 9.92. The van der Waals surface area contributed by atoms with E-state index in [1.165, 1.54) is 0 Å². The maximum Gasteiger partial charge on any atom is 0.348 e. The molecule has 6 aliphatic rings. The van der Waals surface area contributed by atoms with Crippen LogP contribution in [0.2, 0.25) is 0 Å². The van der Waals surface area contributed by atoms with Crippen LogP contribution in [0.15, 0.2) is 23.0 Å². The minimum Gasteiger partial charge on any atom is -0.467 e. The lowest BCUT2D eigenvalue weighted by molar-refractivity contribution is -0.290. The molecule has 12 atom stereocenters. The normalized spacial score (nSPS) is 42.3. The van der Waals surface area contributed by atoms with Gasteiger partial charge in [-0.2, -0.15) is 0 Å². The van der Waals surface area contributed by atoms with Crippen LogP contribution in [0.25, 0.3) is 0 Å². The topological polar surface area (TPSA) is 210 Å². The van der Waals surface area contributed by atoms with Gasteiger partial charge in [0.1, 0.15) is 12.2 Å². The van der Waals surface area contributed by atoms with E-state index >= 15 is 0 Å². The molecule has 0 aromatic rings. The first-order chi connectivity index (χ1) is 22.8. The lowest BCUT2D eigenvalue weighted by Gasteiger charge is -2.67. The summed E-state index contributed by atoms with van der Waals surface area (Å²) in [5, 5.41) is 26.3. The summed E-state index contributed by atoms with van der Waals surface area (Å²) < 4.78 is 55.7. The molecule has 1 unspecified atom stereocenters. The number of aliphatic hydroxyl groups is 2. The van der Waals surface area contributed by atoms with Gasteiger partial charge in [-0.3, -0.25) is 9.59 Å². The number of carbonyl (C=O) groups is 5. The summed E-state index contributed by atoms with van der Waals surface area (Å²) in [6.45, 7) is 5.70. The van der Waals surface area contributed by atoms with Gasteiger partial charge in [-0.15, -0.1) is 0 Å². The van der Waals surface area contributed by atoms with E-state index in [4.69, 9.17) is 29.4 Å². The number of carbonyl (C=O) groups excluding carboxylic acids is 5. The van der Waals surface area contributed by atoms with Crippen molar-refractivity contribution in [1.82, 2.24) is 5.32 Å². The zero-order valence-electron chi connectivity index (χ0n) is 27.8. The minimum atomic E-state index is -2.96. The number of hydrogen-bond acceptors (Lipinski definition) is 14. The molecule has 14 nitrogen and oxygen atoms in total. The maximum absolute atomic E-state index is 13.8. The van der Waals surface area contributed by atoms with Gasteiger partial charge < -0.3 is 44.9 Å². The van der Waals surface area contributed by atoms with E-state index in [1.807, 2.05) is 0 Å². The number of hydrogen-bond donors (Lipinski definition) is 4. The quantitative estimate of drug-likeness (QED) is 0.160. The Bertz CT molecular complexity index is 1540. The Morgan fingerprint density at radius 2 is 1.88 bits per heavy atom. The van der Waals surface area contributed by atoms with Crippen LogP contribution in [0.4, 0.5) is 8.78 Å². The number of nitrogens with one attached hydrogen (secondary N) is 1. The summed E-state index contributed by atoms with van der Waals surface area (Å²) in [6, 6.07) is -1.84. The Morgan fingerprint density at radius 1 is 1.18 bits per heavy atom. The standard InChI is InChI=1S/C33H42F2N2O12/c1-13(2)6-20(39)49-24-26-32-12-46-33(26,29(44)45-5)27(42)22(41)25(32)30(4)10-18(38)23(14(3)15(30)7-19(32)47-28(24)43)48-21(40)8-16(36)17-9-31(34,35)11-37-17/h6,15-17,19,22,24-27,37,41-42H,7-12,36H2,1-5H3/t15-,16+,17-,19+,22+,24+,25?,26+,27-,30-,32+,33-/m0/s1. The fourth-order valence-electron chi connectivity index (χ4n) is 9.92. The highest BCUT2D eigenvalue weighted by atomic mass is 19.3.